The maximum absolute atomic E-state index is 13.3. The number of carboxylic acids is 1. The fraction of sp³-hybridized carbons (Fsp3) is 0.480. The maximum Gasteiger partial charge on any atom is 0.326 e. The van der Waals surface area contributed by atoms with Crippen molar-refractivity contribution in [2.45, 2.75) is 64.7 Å². The van der Waals surface area contributed by atoms with Gasteiger partial charge in [0, 0.05) is 24.7 Å². The third-order valence-corrected chi connectivity index (χ3v) is 5.82. The first kappa shape index (κ1) is 29.3. The summed E-state index contributed by atoms with van der Waals surface area (Å²) in [5.74, 6) is -3.74. The van der Waals surface area contributed by atoms with Crippen LogP contribution in [-0.4, -0.2) is 68.0 Å². The smallest absolute Gasteiger partial charge is 0.326 e. The summed E-state index contributed by atoms with van der Waals surface area (Å²) in [5, 5.41) is 26.8. The number of hydrogen-bond donors (Lipinski definition) is 7. The number of amides is 3. The van der Waals surface area contributed by atoms with Gasteiger partial charge in [-0.2, -0.15) is 0 Å². The van der Waals surface area contributed by atoms with Crippen molar-refractivity contribution in [1.29, 1.82) is 0 Å². The molecule has 2 rings (SSSR count). The maximum atomic E-state index is 13.3. The number of aromatic nitrogens is 2. The van der Waals surface area contributed by atoms with E-state index in [-0.39, 0.29) is 30.4 Å². The molecule has 0 fully saturated rings. The van der Waals surface area contributed by atoms with E-state index >= 15 is 0 Å². The van der Waals surface area contributed by atoms with Gasteiger partial charge in [-0.1, -0.05) is 39.8 Å². The molecule has 12 heteroatoms. The normalized spacial score (nSPS) is 14.5. The number of hydrogen-bond acceptors (Lipinski definition) is 7. The number of benzene rings is 1. The van der Waals surface area contributed by atoms with Crippen molar-refractivity contribution in [2.75, 3.05) is 0 Å². The topological polar surface area (TPSA) is 200 Å². The van der Waals surface area contributed by atoms with Gasteiger partial charge < -0.3 is 36.9 Å². The molecule has 0 aliphatic rings. The summed E-state index contributed by atoms with van der Waals surface area (Å²) in [4.78, 5) is 57.4. The number of rotatable bonds is 13. The van der Waals surface area contributed by atoms with E-state index in [9.17, 15) is 29.4 Å². The van der Waals surface area contributed by atoms with Crippen LogP contribution in [0.1, 0.15) is 39.0 Å². The summed E-state index contributed by atoms with van der Waals surface area (Å²) < 4.78 is 0. The third kappa shape index (κ3) is 8.90. The van der Waals surface area contributed by atoms with Crippen molar-refractivity contribution < 1.29 is 29.4 Å². The Hall–Kier alpha value is -3.93. The average molecular weight is 517 g/mol. The number of aromatic hydroxyl groups is 1. The fourth-order valence-corrected chi connectivity index (χ4v) is 3.63. The number of carboxylic acid groups (broad SMARTS) is 1. The lowest BCUT2D eigenvalue weighted by molar-refractivity contribution is -0.143. The average Bonchev–Trinajstić information content (AvgIpc) is 3.33. The summed E-state index contributed by atoms with van der Waals surface area (Å²) in [5.41, 5.74) is 7.33. The molecule has 1 aromatic heterocycles. The Morgan fingerprint density at radius 3 is 2.00 bits per heavy atom. The zero-order valence-electron chi connectivity index (χ0n) is 21.4. The summed E-state index contributed by atoms with van der Waals surface area (Å²) in [6.45, 7) is 6.75. The predicted molar refractivity (Wildman–Crippen MR) is 135 cm³/mol. The van der Waals surface area contributed by atoms with E-state index in [1.165, 1.54) is 18.5 Å². The second-order valence-corrected chi connectivity index (χ2v) is 9.62. The standard InChI is InChI=1S/C25H36N6O6/c1-13(2)20(24(35)31-21(14(3)4)25(36)37)30-23(34)19(9-15-5-7-17(32)8-6-15)29-22(33)18(26)10-16-11-27-12-28-16/h5-8,11-14,18-21,32H,9-10,26H2,1-4H3,(H,27,28)(H,29,33)(H,30,34)(H,31,35)(H,36,37). The molecule has 12 nitrogen and oxygen atoms in total. The Labute approximate surface area is 215 Å². The van der Waals surface area contributed by atoms with Crippen LogP contribution in [-0.2, 0) is 32.0 Å². The molecule has 202 valence electrons. The highest BCUT2D eigenvalue weighted by atomic mass is 16.4. The molecule has 37 heavy (non-hydrogen) atoms. The van der Waals surface area contributed by atoms with Crippen molar-refractivity contribution in [3.63, 3.8) is 0 Å². The first-order chi connectivity index (χ1) is 17.4. The summed E-state index contributed by atoms with van der Waals surface area (Å²) >= 11 is 0. The van der Waals surface area contributed by atoms with Gasteiger partial charge >= 0.3 is 5.97 Å². The first-order valence-electron chi connectivity index (χ1n) is 12.0. The Bertz CT molecular complexity index is 1050. The minimum absolute atomic E-state index is 0.0463. The Kier molecular flexibility index (Phi) is 10.6. The number of nitrogens with zero attached hydrogens (tertiary/aromatic N) is 1. The third-order valence-electron chi connectivity index (χ3n) is 5.82. The molecule has 0 aliphatic heterocycles. The van der Waals surface area contributed by atoms with Crippen LogP contribution in [0.3, 0.4) is 0 Å². The minimum atomic E-state index is -1.18. The highest BCUT2D eigenvalue weighted by molar-refractivity contribution is 5.94. The molecule has 0 saturated heterocycles. The number of nitrogens with one attached hydrogen (secondary N) is 4. The lowest BCUT2D eigenvalue weighted by atomic mass is 9.99. The van der Waals surface area contributed by atoms with Crippen molar-refractivity contribution in [3.8, 4) is 5.75 Å². The summed E-state index contributed by atoms with van der Waals surface area (Å²) in [6.07, 6.45) is 3.24. The molecule has 0 radical (unpaired) electrons. The molecule has 8 N–H and O–H groups in total. The monoisotopic (exact) mass is 516 g/mol. The lowest BCUT2D eigenvalue weighted by Crippen LogP contribution is -2.59. The van der Waals surface area contributed by atoms with E-state index in [0.29, 0.717) is 11.3 Å². The number of carbonyl (C=O) groups excluding carboxylic acids is 3. The minimum Gasteiger partial charge on any atom is -0.508 e. The lowest BCUT2D eigenvalue weighted by Gasteiger charge is -2.28. The van der Waals surface area contributed by atoms with Crippen LogP contribution in [0.5, 0.6) is 5.75 Å². The van der Waals surface area contributed by atoms with Crippen LogP contribution in [0.15, 0.2) is 36.8 Å². The molecule has 1 aromatic carbocycles. The van der Waals surface area contributed by atoms with Crippen LogP contribution in [0.25, 0.3) is 0 Å². The van der Waals surface area contributed by atoms with Gasteiger partial charge in [0.2, 0.25) is 17.7 Å². The largest absolute Gasteiger partial charge is 0.508 e. The van der Waals surface area contributed by atoms with Gasteiger partial charge in [-0.25, -0.2) is 9.78 Å². The van der Waals surface area contributed by atoms with Crippen LogP contribution in [0, 0.1) is 11.8 Å². The SMILES string of the molecule is CC(C)C(NC(=O)C(NC(=O)C(Cc1ccc(O)cc1)NC(=O)C(N)Cc1cnc[nH]1)C(C)C)C(=O)O. The molecule has 0 bridgehead atoms. The van der Waals surface area contributed by atoms with E-state index in [1.807, 2.05) is 0 Å². The van der Waals surface area contributed by atoms with Gasteiger partial charge in [-0.15, -0.1) is 0 Å². The zero-order chi connectivity index (χ0) is 27.7. The molecule has 3 amide bonds. The molecule has 0 aliphatic carbocycles. The van der Waals surface area contributed by atoms with Crippen molar-refractivity contribution >= 4 is 23.7 Å². The zero-order valence-corrected chi connectivity index (χ0v) is 21.4. The van der Waals surface area contributed by atoms with Crippen molar-refractivity contribution in [3.05, 3.63) is 48.0 Å². The molecular formula is C25H36N6O6. The number of aromatic amines is 1. The molecule has 4 atom stereocenters. The van der Waals surface area contributed by atoms with E-state index in [1.54, 1.807) is 46.0 Å². The van der Waals surface area contributed by atoms with Gasteiger partial charge in [0.25, 0.3) is 0 Å². The van der Waals surface area contributed by atoms with E-state index < -0.39 is 47.9 Å². The van der Waals surface area contributed by atoms with Crippen LogP contribution in [0.2, 0.25) is 0 Å². The van der Waals surface area contributed by atoms with Crippen molar-refractivity contribution in [2.24, 2.45) is 17.6 Å². The van der Waals surface area contributed by atoms with Gasteiger partial charge in [0.05, 0.1) is 12.4 Å². The number of phenolic OH excluding ortho intramolecular Hbond substituents is 1. The first-order valence-corrected chi connectivity index (χ1v) is 12.0. The Morgan fingerprint density at radius 2 is 1.49 bits per heavy atom. The summed E-state index contributed by atoms with van der Waals surface area (Å²) in [6, 6.07) is 1.89. The molecular weight excluding hydrogens is 480 g/mol. The highest BCUT2D eigenvalue weighted by Gasteiger charge is 2.33. The fourth-order valence-electron chi connectivity index (χ4n) is 3.63. The van der Waals surface area contributed by atoms with Gasteiger partial charge in [-0.05, 0) is 29.5 Å². The molecule has 0 spiro atoms. The molecule has 0 saturated carbocycles. The van der Waals surface area contributed by atoms with E-state index in [4.69, 9.17) is 5.73 Å². The molecule has 1 heterocycles. The molecule has 2 aromatic rings. The number of imidazole rings is 1. The Morgan fingerprint density at radius 1 is 0.892 bits per heavy atom. The second-order valence-electron chi connectivity index (χ2n) is 9.62. The Balaban J connectivity index is 2.21. The van der Waals surface area contributed by atoms with Gasteiger partial charge in [0.15, 0.2) is 0 Å². The quantitative estimate of drug-likeness (QED) is 0.194. The number of H-pyrrole nitrogens is 1. The molecule has 4 unspecified atom stereocenters. The highest BCUT2D eigenvalue weighted by Crippen LogP contribution is 2.13. The van der Waals surface area contributed by atoms with E-state index in [0.717, 1.165) is 0 Å². The summed E-state index contributed by atoms with van der Waals surface area (Å²) in [7, 11) is 0. The van der Waals surface area contributed by atoms with Crippen LogP contribution in [0.4, 0.5) is 0 Å². The number of aliphatic carboxylic acids is 1. The number of nitrogens with two attached hydrogens (primary N) is 1. The van der Waals surface area contributed by atoms with Crippen molar-refractivity contribution in [1.82, 2.24) is 25.9 Å². The van der Waals surface area contributed by atoms with Gasteiger partial charge in [0.1, 0.15) is 23.9 Å². The second kappa shape index (κ2) is 13.4. The van der Waals surface area contributed by atoms with Crippen LogP contribution >= 0.6 is 0 Å². The van der Waals surface area contributed by atoms with Crippen LogP contribution < -0.4 is 21.7 Å². The number of phenols is 1. The number of carbonyl (C=O) groups is 4. The predicted octanol–water partition coefficient (Wildman–Crippen LogP) is 0.0788. The van der Waals surface area contributed by atoms with E-state index in [2.05, 4.69) is 25.9 Å². The van der Waals surface area contributed by atoms with Gasteiger partial charge in [-0.3, -0.25) is 14.4 Å².